The van der Waals surface area contributed by atoms with Gasteiger partial charge in [0.15, 0.2) is 6.10 Å². The van der Waals surface area contributed by atoms with Gasteiger partial charge in [0.05, 0.1) is 0 Å². The van der Waals surface area contributed by atoms with Crippen LogP contribution in [0.15, 0.2) is 65.1 Å². The standard InChI is InChI=1S/C19H18N2O3/c1-14(23-17(22)13-12-15-8-4-2-5-9-15)18-20-21-19(24-18)16-10-6-3-7-11-16/h2-11,14H,12-13H2,1H3/t14-/m0/s1. The van der Waals surface area contributed by atoms with E-state index in [4.69, 9.17) is 9.15 Å². The highest BCUT2D eigenvalue weighted by molar-refractivity contribution is 5.70. The van der Waals surface area contributed by atoms with Crippen LogP contribution in [-0.4, -0.2) is 16.2 Å². The summed E-state index contributed by atoms with van der Waals surface area (Å²) >= 11 is 0. The van der Waals surface area contributed by atoms with Crippen molar-refractivity contribution in [1.82, 2.24) is 10.2 Å². The van der Waals surface area contributed by atoms with Crippen molar-refractivity contribution in [3.8, 4) is 11.5 Å². The first-order valence-corrected chi connectivity index (χ1v) is 7.84. The van der Waals surface area contributed by atoms with Crippen LogP contribution in [-0.2, 0) is 16.0 Å². The highest BCUT2D eigenvalue weighted by Crippen LogP contribution is 2.22. The summed E-state index contributed by atoms with van der Waals surface area (Å²) in [6.07, 6.45) is 0.387. The maximum Gasteiger partial charge on any atom is 0.306 e. The molecule has 24 heavy (non-hydrogen) atoms. The first-order chi connectivity index (χ1) is 11.7. The predicted molar refractivity (Wildman–Crippen MR) is 89.0 cm³/mol. The van der Waals surface area contributed by atoms with E-state index >= 15 is 0 Å². The van der Waals surface area contributed by atoms with E-state index < -0.39 is 6.10 Å². The van der Waals surface area contributed by atoms with Crippen LogP contribution < -0.4 is 0 Å². The molecule has 1 atom stereocenters. The summed E-state index contributed by atoms with van der Waals surface area (Å²) in [5.41, 5.74) is 1.94. The minimum Gasteiger partial charge on any atom is -0.453 e. The minimum absolute atomic E-state index is 0.286. The molecule has 0 unspecified atom stereocenters. The molecule has 5 heteroatoms. The van der Waals surface area contributed by atoms with Crippen molar-refractivity contribution >= 4 is 5.97 Å². The first-order valence-electron chi connectivity index (χ1n) is 7.84. The molecule has 0 aliphatic heterocycles. The van der Waals surface area contributed by atoms with Gasteiger partial charge in [0.1, 0.15) is 0 Å². The molecule has 0 aliphatic carbocycles. The van der Waals surface area contributed by atoms with Crippen LogP contribution >= 0.6 is 0 Å². The number of aromatic nitrogens is 2. The molecular formula is C19H18N2O3. The summed E-state index contributed by atoms with van der Waals surface area (Å²) in [6.45, 7) is 1.72. The fraction of sp³-hybridized carbons (Fsp3) is 0.211. The third-order valence-corrected chi connectivity index (χ3v) is 3.58. The van der Waals surface area contributed by atoms with Crippen LogP contribution in [0.1, 0.15) is 30.9 Å². The van der Waals surface area contributed by atoms with Gasteiger partial charge >= 0.3 is 5.97 Å². The van der Waals surface area contributed by atoms with Crippen molar-refractivity contribution in [3.63, 3.8) is 0 Å². The number of ether oxygens (including phenoxy) is 1. The van der Waals surface area contributed by atoms with E-state index in [2.05, 4.69) is 10.2 Å². The van der Waals surface area contributed by atoms with Gasteiger partial charge in [0.2, 0.25) is 5.89 Å². The molecule has 1 heterocycles. The molecule has 0 saturated carbocycles. The van der Waals surface area contributed by atoms with Crippen LogP contribution in [0, 0.1) is 0 Å². The van der Waals surface area contributed by atoms with E-state index in [-0.39, 0.29) is 5.97 Å². The fourth-order valence-electron chi connectivity index (χ4n) is 2.29. The predicted octanol–water partition coefficient (Wildman–Crippen LogP) is 3.97. The maximum atomic E-state index is 12.0. The highest BCUT2D eigenvalue weighted by atomic mass is 16.6. The number of aryl methyl sites for hydroxylation is 1. The van der Waals surface area contributed by atoms with Gasteiger partial charge in [-0.15, -0.1) is 10.2 Å². The largest absolute Gasteiger partial charge is 0.453 e. The zero-order chi connectivity index (χ0) is 16.8. The monoisotopic (exact) mass is 322 g/mol. The molecule has 0 amide bonds. The summed E-state index contributed by atoms with van der Waals surface area (Å²) in [7, 11) is 0. The Kier molecular flexibility index (Phi) is 5.01. The van der Waals surface area contributed by atoms with Crippen molar-refractivity contribution in [3.05, 3.63) is 72.1 Å². The van der Waals surface area contributed by atoms with Gasteiger partial charge in [-0.3, -0.25) is 4.79 Å². The average Bonchev–Trinajstić information content (AvgIpc) is 3.12. The van der Waals surface area contributed by atoms with E-state index in [9.17, 15) is 4.79 Å². The van der Waals surface area contributed by atoms with Gasteiger partial charge in [-0.05, 0) is 31.0 Å². The van der Waals surface area contributed by atoms with Gasteiger partial charge in [-0.2, -0.15) is 0 Å². The third-order valence-electron chi connectivity index (χ3n) is 3.58. The number of rotatable bonds is 6. The van der Waals surface area contributed by atoms with Crippen LogP contribution in [0.3, 0.4) is 0 Å². The summed E-state index contributed by atoms with van der Waals surface area (Å²) in [4.78, 5) is 12.0. The molecule has 0 aliphatic rings. The second kappa shape index (κ2) is 7.55. The molecule has 0 spiro atoms. The van der Waals surface area contributed by atoms with Crippen LogP contribution in [0.2, 0.25) is 0 Å². The summed E-state index contributed by atoms with van der Waals surface area (Å²) in [5, 5.41) is 7.97. The highest BCUT2D eigenvalue weighted by Gasteiger charge is 2.18. The molecule has 3 aromatic rings. The van der Waals surface area contributed by atoms with Gasteiger partial charge < -0.3 is 9.15 Å². The molecule has 0 N–H and O–H groups in total. The van der Waals surface area contributed by atoms with Crippen LogP contribution in [0.4, 0.5) is 0 Å². The topological polar surface area (TPSA) is 65.2 Å². The number of carbonyl (C=O) groups excluding carboxylic acids is 1. The second-order valence-corrected chi connectivity index (χ2v) is 5.43. The molecule has 5 nitrogen and oxygen atoms in total. The molecule has 2 aromatic carbocycles. The van der Waals surface area contributed by atoms with Gasteiger partial charge in [-0.25, -0.2) is 0 Å². The van der Waals surface area contributed by atoms with Gasteiger partial charge in [-0.1, -0.05) is 48.5 Å². The number of hydrogen-bond acceptors (Lipinski definition) is 5. The minimum atomic E-state index is -0.571. The Morgan fingerprint density at radius 3 is 2.42 bits per heavy atom. The first kappa shape index (κ1) is 15.9. The zero-order valence-electron chi connectivity index (χ0n) is 13.4. The van der Waals surface area contributed by atoms with E-state index in [1.807, 2.05) is 60.7 Å². The second-order valence-electron chi connectivity index (χ2n) is 5.43. The van der Waals surface area contributed by atoms with Crippen molar-refractivity contribution in [2.24, 2.45) is 0 Å². The van der Waals surface area contributed by atoms with Crippen molar-refractivity contribution in [2.45, 2.75) is 25.9 Å². The molecule has 0 saturated heterocycles. The lowest BCUT2D eigenvalue weighted by molar-refractivity contribution is -0.149. The SMILES string of the molecule is C[C@H](OC(=O)CCc1ccccc1)c1nnc(-c2ccccc2)o1. The Balaban J connectivity index is 1.56. The Morgan fingerprint density at radius 2 is 1.71 bits per heavy atom. The molecule has 122 valence electrons. The summed E-state index contributed by atoms with van der Waals surface area (Å²) in [5.74, 6) is 0.422. The van der Waals surface area contributed by atoms with Gasteiger partial charge in [0, 0.05) is 12.0 Å². The molecule has 1 aromatic heterocycles. The molecule has 0 bridgehead atoms. The van der Waals surface area contributed by atoms with Crippen molar-refractivity contribution in [2.75, 3.05) is 0 Å². The van der Waals surface area contributed by atoms with Crippen molar-refractivity contribution in [1.29, 1.82) is 0 Å². The smallest absolute Gasteiger partial charge is 0.306 e. The van der Waals surface area contributed by atoms with Crippen LogP contribution in [0.5, 0.6) is 0 Å². The normalized spacial score (nSPS) is 11.9. The average molecular weight is 322 g/mol. The van der Waals surface area contributed by atoms with E-state index in [0.29, 0.717) is 24.6 Å². The fourth-order valence-corrected chi connectivity index (χ4v) is 2.29. The zero-order valence-corrected chi connectivity index (χ0v) is 13.4. The number of benzene rings is 2. The number of nitrogens with zero attached hydrogens (tertiary/aromatic N) is 2. The lowest BCUT2D eigenvalue weighted by Gasteiger charge is -2.09. The molecule has 0 fully saturated rings. The number of hydrogen-bond donors (Lipinski definition) is 0. The quantitative estimate of drug-likeness (QED) is 0.642. The van der Waals surface area contributed by atoms with E-state index in [0.717, 1.165) is 11.1 Å². The third kappa shape index (κ3) is 4.07. The lowest BCUT2D eigenvalue weighted by Crippen LogP contribution is -2.10. The summed E-state index contributed by atoms with van der Waals surface area (Å²) in [6, 6.07) is 19.3. The molecule has 3 rings (SSSR count). The maximum absolute atomic E-state index is 12.0. The summed E-state index contributed by atoms with van der Waals surface area (Å²) < 4.78 is 11.0. The lowest BCUT2D eigenvalue weighted by atomic mass is 10.1. The van der Waals surface area contributed by atoms with Gasteiger partial charge in [0.25, 0.3) is 5.89 Å². The number of carbonyl (C=O) groups is 1. The Bertz CT molecular complexity index is 785. The van der Waals surface area contributed by atoms with E-state index in [1.54, 1.807) is 6.92 Å². The number of esters is 1. The Hall–Kier alpha value is -2.95. The Labute approximate surface area is 140 Å². The molecule has 0 radical (unpaired) electrons. The Morgan fingerprint density at radius 1 is 1.04 bits per heavy atom. The molecular weight excluding hydrogens is 304 g/mol. The van der Waals surface area contributed by atoms with E-state index in [1.165, 1.54) is 0 Å². The van der Waals surface area contributed by atoms with Crippen LogP contribution in [0.25, 0.3) is 11.5 Å². The van der Waals surface area contributed by atoms with Crippen molar-refractivity contribution < 1.29 is 13.9 Å².